The number of carbonyl (C=O) groups is 2. The number of hydrogen-bond donors (Lipinski definition) is 1. The summed E-state index contributed by atoms with van der Waals surface area (Å²) in [7, 11) is 1.58. The Kier molecular flexibility index (Phi) is 5.22. The Hall–Kier alpha value is -4.26. The molecular weight excluding hydrogens is 420 g/mol. The van der Waals surface area contributed by atoms with Crippen LogP contribution in [0.25, 0.3) is 5.57 Å². The molecule has 0 atom stereocenters. The average Bonchev–Trinajstić information content (AvgIpc) is 3.08. The fourth-order valence-corrected chi connectivity index (χ4v) is 3.94. The molecule has 7 nitrogen and oxygen atoms in total. The van der Waals surface area contributed by atoms with Gasteiger partial charge in [0.05, 0.1) is 18.4 Å². The van der Waals surface area contributed by atoms with E-state index in [9.17, 15) is 9.59 Å². The van der Waals surface area contributed by atoms with Crippen molar-refractivity contribution in [2.45, 2.75) is 6.92 Å². The summed E-state index contributed by atoms with van der Waals surface area (Å²) >= 11 is 0. The number of fused-ring (bicyclic) bond motifs is 1. The number of nitrogens with one attached hydrogen (secondary N) is 1. The molecule has 2 amide bonds. The summed E-state index contributed by atoms with van der Waals surface area (Å²) in [5.74, 6) is 1.08. The Labute approximate surface area is 191 Å². The highest BCUT2D eigenvalue weighted by atomic mass is 16.6. The van der Waals surface area contributed by atoms with Crippen LogP contribution in [0.2, 0.25) is 0 Å². The van der Waals surface area contributed by atoms with Gasteiger partial charge in [-0.3, -0.25) is 9.59 Å². The fraction of sp³-hybridized carbons (Fsp3) is 0.154. The lowest BCUT2D eigenvalue weighted by Gasteiger charge is -2.19. The van der Waals surface area contributed by atoms with Gasteiger partial charge < -0.3 is 19.5 Å². The molecule has 0 spiro atoms. The van der Waals surface area contributed by atoms with Gasteiger partial charge in [-0.25, -0.2) is 4.90 Å². The van der Waals surface area contributed by atoms with Crippen molar-refractivity contribution < 1.29 is 23.8 Å². The highest BCUT2D eigenvalue weighted by Gasteiger charge is 2.40. The number of anilines is 2. The number of amides is 2. The zero-order valence-electron chi connectivity index (χ0n) is 18.3. The lowest BCUT2D eigenvalue weighted by molar-refractivity contribution is -0.120. The minimum atomic E-state index is -0.425. The smallest absolute Gasteiger partial charge is 0.282 e. The van der Waals surface area contributed by atoms with Crippen LogP contribution in [0.5, 0.6) is 17.2 Å². The molecule has 5 rings (SSSR count). The second kappa shape index (κ2) is 8.35. The first kappa shape index (κ1) is 20.6. The van der Waals surface area contributed by atoms with Crippen molar-refractivity contribution in [2.75, 3.05) is 30.5 Å². The molecule has 0 saturated carbocycles. The van der Waals surface area contributed by atoms with E-state index >= 15 is 0 Å². The highest BCUT2D eigenvalue weighted by Crippen LogP contribution is 2.37. The number of ether oxygens (including phenoxy) is 3. The van der Waals surface area contributed by atoms with E-state index in [1.807, 2.05) is 25.1 Å². The van der Waals surface area contributed by atoms with E-state index in [0.29, 0.717) is 53.0 Å². The molecule has 166 valence electrons. The molecule has 0 unspecified atom stereocenters. The zero-order chi connectivity index (χ0) is 22.9. The Balaban J connectivity index is 1.58. The van der Waals surface area contributed by atoms with Gasteiger partial charge in [-0.1, -0.05) is 24.3 Å². The summed E-state index contributed by atoms with van der Waals surface area (Å²) in [4.78, 5) is 28.3. The number of nitrogens with zero attached hydrogens (tertiary/aromatic N) is 1. The molecule has 2 aliphatic rings. The van der Waals surface area contributed by atoms with Crippen LogP contribution in [0.1, 0.15) is 11.1 Å². The van der Waals surface area contributed by atoms with Crippen LogP contribution in [0.4, 0.5) is 11.4 Å². The summed E-state index contributed by atoms with van der Waals surface area (Å²) in [6, 6.07) is 19.7. The Morgan fingerprint density at radius 3 is 2.36 bits per heavy atom. The third kappa shape index (κ3) is 3.78. The standard InChI is InChI=1S/C26H22N2O5/c1-16-4-3-5-19(14-16)28-25(29)23(17-6-9-20(31-2)10-7-17)24(26(28)30)27-18-8-11-21-22(15-18)33-13-12-32-21/h3-11,14-15,27H,12-13H2,1-2H3. The summed E-state index contributed by atoms with van der Waals surface area (Å²) in [6.45, 7) is 2.86. The molecule has 0 aliphatic carbocycles. The van der Waals surface area contributed by atoms with Crippen molar-refractivity contribution in [1.82, 2.24) is 0 Å². The molecule has 1 N–H and O–H groups in total. The summed E-state index contributed by atoms with van der Waals surface area (Å²) in [6.07, 6.45) is 0. The number of methoxy groups -OCH3 is 1. The maximum Gasteiger partial charge on any atom is 0.282 e. The lowest BCUT2D eigenvalue weighted by atomic mass is 10.0. The van der Waals surface area contributed by atoms with Gasteiger partial charge in [0.15, 0.2) is 11.5 Å². The number of aryl methyl sites for hydroxylation is 1. The van der Waals surface area contributed by atoms with Crippen molar-refractivity contribution in [3.8, 4) is 17.2 Å². The molecule has 0 aromatic heterocycles. The van der Waals surface area contributed by atoms with Crippen LogP contribution in [0.15, 0.2) is 72.4 Å². The molecule has 2 heterocycles. The summed E-state index contributed by atoms with van der Waals surface area (Å²) in [5, 5.41) is 3.16. The van der Waals surface area contributed by atoms with E-state index < -0.39 is 11.8 Å². The van der Waals surface area contributed by atoms with E-state index in [4.69, 9.17) is 14.2 Å². The molecule has 3 aromatic rings. The number of benzene rings is 3. The van der Waals surface area contributed by atoms with E-state index in [1.165, 1.54) is 4.90 Å². The third-order valence-corrected chi connectivity index (χ3v) is 5.53. The van der Waals surface area contributed by atoms with E-state index in [-0.39, 0.29) is 5.70 Å². The van der Waals surface area contributed by atoms with Crippen LogP contribution in [0, 0.1) is 6.92 Å². The van der Waals surface area contributed by atoms with E-state index in [2.05, 4.69) is 5.32 Å². The maximum absolute atomic E-state index is 13.5. The fourth-order valence-electron chi connectivity index (χ4n) is 3.94. The van der Waals surface area contributed by atoms with Crippen molar-refractivity contribution in [2.24, 2.45) is 0 Å². The van der Waals surface area contributed by atoms with Gasteiger partial charge in [0, 0.05) is 11.8 Å². The first-order valence-corrected chi connectivity index (χ1v) is 10.6. The van der Waals surface area contributed by atoms with Gasteiger partial charge in [0.2, 0.25) is 0 Å². The second-order valence-electron chi connectivity index (χ2n) is 7.75. The second-order valence-corrected chi connectivity index (χ2v) is 7.75. The lowest BCUT2D eigenvalue weighted by Crippen LogP contribution is -2.32. The summed E-state index contributed by atoms with van der Waals surface area (Å²) < 4.78 is 16.5. The molecule has 0 radical (unpaired) electrons. The topological polar surface area (TPSA) is 77.1 Å². The monoisotopic (exact) mass is 442 g/mol. The SMILES string of the molecule is COc1ccc(C2=C(Nc3ccc4c(c3)OCCO4)C(=O)N(c3cccc(C)c3)C2=O)cc1. The quantitative estimate of drug-likeness (QED) is 0.598. The largest absolute Gasteiger partial charge is 0.497 e. The van der Waals surface area contributed by atoms with Crippen molar-refractivity contribution in [3.05, 3.63) is 83.6 Å². The van der Waals surface area contributed by atoms with Gasteiger partial charge in [-0.15, -0.1) is 0 Å². The van der Waals surface area contributed by atoms with Crippen LogP contribution in [0.3, 0.4) is 0 Å². The Bertz CT molecular complexity index is 1280. The van der Waals surface area contributed by atoms with Gasteiger partial charge >= 0.3 is 0 Å². The number of imide groups is 1. The Morgan fingerprint density at radius 2 is 1.64 bits per heavy atom. The number of rotatable bonds is 5. The summed E-state index contributed by atoms with van der Waals surface area (Å²) in [5.41, 5.74) is 3.20. The molecule has 0 saturated heterocycles. The molecule has 3 aromatic carbocycles. The van der Waals surface area contributed by atoms with E-state index in [1.54, 1.807) is 55.6 Å². The minimum absolute atomic E-state index is 0.198. The maximum atomic E-state index is 13.5. The molecule has 2 aliphatic heterocycles. The van der Waals surface area contributed by atoms with E-state index in [0.717, 1.165) is 5.56 Å². The third-order valence-electron chi connectivity index (χ3n) is 5.53. The number of carbonyl (C=O) groups excluding carboxylic acids is 2. The first-order chi connectivity index (χ1) is 16.0. The minimum Gasteiger partial charge on any atom is -0.497 e. The van der Waals surface area contributed by atoms with Crippen LogP contribution < -0.4 is 24.4 Å². The van der Waals surface area contributed by atoms with Crippen LogP contribution in [-0.2, 0) is 9.59 Å². The zero-order valence-corrected chi connectivity index (χ0v) is 18.3. The first-order valence-electron chi connectivity index (χ1n) is 10.6. The van der Waals surface area contributed by atoms with Crippen molar-refractivity contribution >= 4 is 28.8 Å². The molecule has 33 heavy (non-hydrogen) atoms. The van der Waals surface area contributed by atoms with Crippen molar-refractivity contribution in [3.63, 3.8) is 0 Å². The van der Waals surface area contributed by atoms with Gasteiger partial charge in [-0.2, -0.15) is 0 Å². The van der Waals surface area contributed by atoms with Crippen LogP contribution >= 0.6 is 0 Å². The predicted octanol–water partition coefficient (Wildman–Crippen LogP) is 4.17. The molecule has 0 fully saturated rings. The van der Waals surface area contributed by atoms with Crippen molar-refractivity contribution in [1.29, 1.82) is 0 Å². The number of hydrogen-bond acceptors (Lipinski definition) is 6. The molecule has 0 bridgehead atoms. The van der Waals surface area contributed by atoms with Gasteiger partial charge in [0.25, 0.3) is 11.8 Å². The van der Waals surface area contributed by atoms with Gasteiger partial charge in [0.1, 0.15) is 24.7 Å². The normalized spacial score (nSPS) is 15.2. The molecular formula is C26H22N2O5. The Morgan fingerprint density at radius 1 is 0.879 bits per heavy atom. The highest BCUT2D eigenvalue weighted by molar-refractivity contribution is 6.46. The van der Waals surface area contributed by atoms with Gasteiger partial charge in [-0.05, 0) is 54.4 Å². The molecule has 7 heteroatoms. The predicted molar refractivity (Wildman–Crippen MR) is 125 cm³/mol. The van der Waals surface area contributed by atoms with Crippen LogP contribution in [-0.4, -0.2) is 32.1 Å². The average molecular weight is 442 g/mol.